The van der Waals surface area contributed by atoms with Crippen LogP contribution in [0, 0.1) is 0 Å². The summed E-state index contributed by atoms with van der Waals surface area (Å²) in [5.41, 5.74) is 11.4. The lowest BCUT2D eigenvalue weighted by Gasteiger charge is -2.28. The van der Waals surface area contributed by atoms with E-state index < -0.39 is 17.9 Å². The van der Waals surface area contributed by atoms with Gasteiger partial charge in [0.1, 0.15) is 16.7 Å². The number of amides is 3. The van der Waals surface area contributed by atoms with Gasteiger partial charge in [0, 0.05) is 18.8 Å². The Hall–Kier alpha value is -3.18. The number of hydrogen-bond donors (Lipinski definition) is 3. The third kappa shape index (κ3) is 5.17. The fourth-order valence-corrected chi connectivity index (χ4v) is 4.15. The van der Waals surface area contributed by atoms with Gasteiger partial charge in [-0.1, -0.05) is 0 Å². The quantitative estimate of drug-likeness (QED) is 0.513. The molecule has 1 saturated heterocycles. The Balaban J connectivity index is 1.88. The lowest BCUT2D eigenvalue weighted by Crippen LogP contribution is -2.49. The molecular weight excluding hydrogens is 434 g/mol. The molecule has 1 fully saturated rings. The number of hydrogen-bond acceptors (Lipinski definition) is 8. The Morgan fingerprint density at radius 2 is 2.06 bits per heavy atom. The number of nitrogens with zero attached hydrogens (tertiary/aromatic N) is 2. The van der Waals surface area contributed by atoms with Crippen LogP contribution in [0.2, 0.25) is 0 Å². The highest BCUT2D eigenvalue weighted by Gasteiger charge is 2.32. The number of nitrogens with two attached hydrogens (primary N) is 2. The lowest BCUT2D eigenvalue weighted by atomic mass is 10.1. The number of carbonyl (C=O) groups excluding carboxylic acids is 3. The number of ether oxygens (including phenoxy) is 2. The molecule has 11 heteroatoms. The Morgan fingerprint density at radius 3 is 2.62 bits per heavy atom. The number of nitrogens with one attached hydrogen (secondary N) is 1. The topological polar surface area (TPSA) is 150 Å². The second-order valence-corrected chi connectivity index (χ2v) is 8.07. The van der Waals surface area contributed by atoms with Gasteiger partial charge in [-0.2, -0.15) is 4.37 Å². The van der Waals surface area contributed by atoms with Gasteiger partial charge in [0.25, 0.3) is 11.8 Å². The zero-order valence-electron chi connectivity index (χ0n) is 18.0. The molecule has 0 aliphatic carbocycles. The molecule has 1 aromatic carbocycles. The molecule has 0 unspecified atom stereocenters. The number of benzene rings is 1. The van der Waals surface area contributed by atoms with Gasteiger partial charge in [-0.05, 0) is 62.5 Å². The van der Waals surface area contributed by atoms with Crippen molar-refractivity contribution in [2.45, 2.75) is 38.8 Å². The van der Waals surface area contributed by atoms with Crippen LogP contribution < -0.4 is 26.4 Å². The molecule has 2 heterocycles. The average Bonchev–Trinajstić information content (AvgIpc) is 3.43. The maximum atomic E-state index is 13.4. The summed E-state index contributed by atoms with van der Waals surface area (Å²) in [7, 11) is 0. The minimum atomic E-state index is -0.875. The van der Waals surface area contributed by atoms with E-state index in [2.05, 4.69) is 9.69 Å². The van der Waals surface area contributed by atoms with Crippen molar-refractivity contribution in [3.05, 3.63) is 34.8 Å². The van der Waals surface area contributed by atoms with Gasteiger partial charge in [-0.3, -0.25) is 19.3 Å². The second-order valence-electron chi connectivity index (χ2n) is 7.30. The van der Waals surface area contributed by atoms with Gasteiger partial charge in [0.2, 0.25) is 5.91 Å². The van der Waals surface area contributed by atoms with Crippen molar-refractivity contribution in [1.82, 2.24) is 9.69 Å². The van der Waals surface area contributed by atoms with Crippen molar-refractivity contribution in [2.24, 2.45) is 5.73 Å². The van der Waals surface area contributed by atoms with Crippen molar-refractivity contribution in [2.75, 3.05) is 30.4 Å². The molecule has 32 heavy (non-hydrogen) atoms. The molecule has 2 atom stereocenters. The molecule has 1 aromatic heterocycles. The van der Waals surface area contributed by atoms with Crippen molar-refractivity contribution >= 4 is 40.6 Å². The molecule has 0 radical (unpaired) electrons. The summed E-state index contributed by atoms with van der Waals surface area (Å²) in [6.07, 6.45) is 1.81. The zero-order valence-corrected chi connectivity index (χ0v) is 18.8. The molecule has 0 saturated carbocycles. The number of anilines is 2. The molecule has 0 bridgehead atoms. The fraction of sp³-hybridized carbons (Fsp3) is 0.429. The zero-order chi connectivity index (χ0) is 23.3. The highest BCUT2D eigenvalue weighted by molar-refractivity contribution is 7.09. The van der Waals surface area contributed by atoms with Crippen LogP contribution in [0.3, 0.4) is 0 Å². The standard InChI is InChI=1S/C21H27N5O5S/c1-3-30-14-8-6-13(7-9-14)26(12(2)20(28)24-11-15-5-4-10-31-15)21(29)18-16(22)17(19(23)27)25-32-18/h6-9,12,15H,3-5,10-11,22H2,1-2H3,(H2,23,27)(H,24,28)/t12-,15+/m1/s1. The van der Waals surface area contributed by atoms with Crippen LogP contribution >= 0.6 is 11.5 Å². The highest BCUT2D eigenvalue weighted by atomic mass is 32.1. The van der Waals surface area contributed by atoms with Crippen LogP contribution in [0.25, 0.3) is 0 Å². The number of nitrogen functional groups attached to an aromatic ring is 1. The van der Waals surface area contributed by atoms with Gasteiger partial charge in [0.05, 0.1) is 18.4 Å². The first-order chi connectivity index (χ1) is 15.3. The summed E-state index contributed by atoms with van der Waals surface area (Å²) in [6, 6.07) is 5.90. The van der Waals surface area contributed by atoms with E-state index in [1.165, 1.54) is 4.90 Å². The Labute approximate surface area is 190 Å². The van der Waals surface area contributed by atoms with Crippen molar-refractivity contribution in [1.29, 1.82) is 0 Å². The SMILES string of the molecule is CCOc1ccc(N(C(=O)c2snc(C(N)=O)c2N)[C@H](C)C(=O)NC[C@@H]2CCCO2)cc1. The Morgan fingerprint density at radius 1 is 1.34 bits per heavy atom. The third-order valence-corrected chi connectivity index (χ3v) is 5.95. The summed E-state index contributed by atoms with van der Waals surface area (Å²) in [4.78, 5) is 39.2. The molecule has 3 rings (SSSR count). The number of primary amides is 1. The smallest absolute Gasteiger partial charge is 0.272 e. The first-order valence-electron chi connectivity index (χ1n) is 10.3. The fourth-order valence-electron chi connectivity index (χ4n) is 3.41. The van der Waals surface area contributed by atoms with Crippen LogP contribution in [-0.2, 0) is 9.53 Å². The summed E-state index contributed by atoms with van der Waals surface area (Å²) < 4.78 is 14.9. The number of rotatable bonds is 9. The van der Waals surface area contributed by atoms with E-state index in [1.807, 2.05) is 6.92 Å². The molecule has 0 spiro atoms. The van der Waals surface area contributed by atoms with Crippen LogP contribution in [0.5, 0.6) is 5.75 Å². The van der Waals surface area contributed by atoms with E-state index in [-0.39, 0.29) is 28.3 Å². The van der Waals surface area contributed by atoms with Gasteiger partial charge >= 0.3 is 0 Å². The van der Waals surface area contributed by atoms with E-state index >= 15 is 0 Å². The lowest BCUT2D eigenvalue weighted by molar-refractivity contribution is -0.122. The molecule has 1 aliphatic rings. The predicted molar refractivity (Wildman–Crippen MR) is 121 cm³/mol. The van der Waals surface area contributed by atoms with Crippen molar-refractivity contribution < 1.29 is 23.9 Å². The molecular formula is C21H27N5O5S. The predicted octanol–water partition coefficient (Wildman–Crippen LogP) is 1.55. The van der Waals surface area contributed by atoms with Crippen molar-refractivity contribution in [3.8, 4) is 5.75 Å². The van der Waals surface area contributed by atoms with Crippen LogP contribution in [0.1, 0.15) is 46.8 Å². The normalized spacial score (nSPS) is 16.4. The average molecular weight is 462 g/mol. The van der Waals surface area contributed by atoms with Gasteiger partial charge < -0.3 is 26.3 Å². The van der Waals surface area contributed by atoms with E-state index in [4.69, 9.17) is 20.9 Å². The number of carbonyl (C=O) groups is 3. The summed E-state index contributed by atoms with van der Waals surface area (Å²) in [6.45, 7) is 5.03. The minimum absolute atomic E-state index is 0.0314. The molecule has 1 aliphatic heterocycles. The van der Waals surface area contributed by atoms with E-state index in [0.29, 0.717) is 31.2 Å². The minimum Gasteiger partial charge on any atom is -0.494 e. The van der Waals surface area contributed by atoms with Crippen LogP contribution in [0.15, 0.2) is 24.3 Å². The van der Waals surface area contributed by atoms with Crippen LogP contribution in [-0.4, -0.2) is 54.0 Å². The maximum Gasteiger partial charge on any atom is 0.272 e. The third-order valence-electron chi connectivity index (χ3n) is 5.09. The maximum absolute atomic E-state index is 13.4. The molecule has 2 aromatic rings. The number of aromatic nitrogens is 1. The molecule has 3 amide bonds. The van der Waals surface area contributed by atoms with Gasteiger partial charge in [0.15, 0.2) is 5.69 Å². The van der Waals surface area contributed by atoms with E-state index in [0.717, 1.165) is 24.4 Å². The molecule has 5 N–H and O–H groups in total. The summed E-state index contributed by atoms with van der Waals surface area (Å²) in [5, 5.41) is 2.85. The van der Waals surface area contributed by atoms with Gasteiger partial charge in [-0.25, -0.2) is 0 Å². The molecule has 10 nitrogen and oxygen atoms in total. The van der Waals surface area contributed by atoms with Gasteiger partial charge in [-0.15, -0.1) is 0 Å². The Kier molecular flexibility index (Phi) is 7.65. The monoisotopic (exact) mass is 461 g/mol. The summed E-state index contributed by atoms with van der Waals surface area (Å²) in [5.74, 6) is -1.10. The van der Waals surface area contributed by atoms with Crippen LogP contribution in [0.4, 0.5) is 11.4 Å². The highest BCUT2D eigenvalue weighted by Crippen LogP contribution is 2.28. The first kappa shape index (κ1) is 23.5. The van der Waals surface area contributed by atoms with E-state index in [9.17, 15) is 14.4 Å². The largest absolute Gasteiger partial charge is 0.494 e. The first-order valence-corrected chi connectivity index (χ1v) is 11.1. The summed E-state index contributed by atoms with van der Waals surface area (Å²) >= 11 is 0.766. The van der Waals surface area contributed by atoms with E-state index in [1.54, 1.807) is 31.2 Å². The molecule has 172 valence electrons. The second kappa shape index (κ2) is 10.4. The van der Waals surface area contributed by atoms with Crippen molar-refractivity contribution in [3.63, 3.8) is 0 Å². The Bertz CT molecular complexity index is 971.